The minimum atomic E-state index is -0.0962. The summed E-state index contributed by atoms with van der Waals surface area (Å²) in [5.41, 5.74) is -0.0962. The van der Waals surface area contributed by atoms with Gasteiger partial charge in [0.05, 0.1) is 6.33 Å². The summed E-state index contributed by atoms with van der Waals surface area (Å²) < 4.78 is 0.627. The van der Waals surface area contributed by atoms with Gasteiger partial charge in [-0.3, -0.25) is 4.79 Å². The van der Waals surface area contributed by atoms with E-state index in [1.165, 1.54) is 6.33 Å². The van der Waals surface area contributed by atoms with Crippen LogP contribution in [0.3, 0.4) is 0 Å². The average molecular weight is 370 g/mol. The van der Waals surface area contributed by atoms with Crippen LogP contribution in [0.5, 0.6) is 0 Å². The van der Waals surface area contributed by atoms with Gasteiger partial charge in [-0.1, -0.05) is 13.8 Å². The lowest BCUT2D eigenvalue weighted by atomic mass is 10.1. The van der Waals surface area contributed by atoms with Crippen molar-refractivity contribution in [1.29, 1.82) is 0 Å². The summed E-state index contributed by atoms with van der Waals surface area (Å²) >= 11 is 7.87. The molecule has 0 unspecified atom stereocenters. The molecule has 0 spiro atoms. The minimum Gasteiger partial charge on any atom is -0.351 e. The van der Waals surface area contributed by atoms with Crippen LogP contribution in [0.1, 0.15) is 26.7 Å². The highest BCUT2D eigenvalue weighted by atomic mass is 127. The van der Waals surface area contributed by atoms with Gasteiger partial charge in [0, 0.05) is 18.5 Å². The van der Waals surface area contributed by atoms with Crippen LogP contribution in [0.25, 0.3) is 0 Å². The van der Waals surface area contributed by atoms with Gasteiger partial charge in [0.1, 0.15) is 9.39 Å². The molecule has 0 aromatic carbocycles. The number of H-pyrrole nitrogens is 1. The lowest BCUT2D eigenvalue weighted by Gasteiger charge is -2.31. The molecule has 0 aliphatic carbocycles. The Morgan fingerprint density at radius 3 is 2.71 bits per heavy atom. The lowest BCUT2D eigenvalue weighted by molar-refractivity contribution is 0.561. The largest absolute Gasteiger partial charge is 0.351 e. The fraction of sp³-hybridized carbons (Fsp3) is 0.636. The highest BCUT2D eigenvalue weighted by Gasteiger charge is 2.19. The van der Waals surface area contributed by atoms with Crippen molar-refractivity contribution in [3.8, 4) is 0 Å². The third kappa shape index (κ3) is 3.58. The van der Waals surface area contributed by atoms with Gasteiger partial charge in [-0.25, -0.2) is 4.98 Å². The van der Waals surface area contributed by atoms with Crippen molar-refractivity contribution >= 4 is 40.0 Å². The molecule has 0 amide bonds. The zero-order chi connectivity index (χ0) is 12.8. The number of nitrogens with zero attached hydrogens (tertiary/aromatic N) is 2. The molecular weight excluding hydrogens is 352 g/mol. The van der Waals surface area contributed by atoms with Crippen LogP contribution >= 0.6 is 34.2 Å². The second kappa shape index (κ2) is 7.20. The van der Waals surface area contributed by atoms with Crippen molar-refractivity contribution in [3.63, 3.8) is 0 Å². The van der Waals surface area contributed by atoms with Crippen molar-refractivity contribution in [2.45, 2.75) is 32.7 Å². The Labute approximate surface area is 120 Å². The molecule has 0 saturated carbocycles. The molecule has 96 valence electrons. The molecule has 1 aromatic rings. The summed E-state index contributed by atoms with van der Waals surface area (Å²) in [5, 5.41) is 0. The molecule has 6 heteroatoms. The second-order valence-corrected chi connectivity index (χ2v) is 5.18. The Morgan fingerprint density at radius 2 is 2.18 bits per heavy atom. The van der Waals surface area contributed by atoms with E-state index < -0.39 is 0 Å². The zero-order valence-electron chi connectivity index (χ0n) is 10.0. The first kappa shape index (κ1) is 14.8. The number of hydrogen-bond acceptors (Lipinski definition) is 3. The molecule has 0 saturated heterocycles. The van der Waals surface area contributed by atoms with Gasteiger partial charge in [-0.05, 0) is 35.4 Å². The predicted molar refractivity (Wildman–Crippen MR) is 80.0 cm³/mol. The number of hydrogen-bond donors (Lipinski definition) is 1. The number of aromatic nitrogens is 2. The van der Waals surface area contributed by atoms with Crippen molar-refractivity contribution in [3.05, 3.63) is 20.3 Å². The van der Waals surface area contributed by atoms with Gasteiger partial charge in [0.2, 0.25) is 0 Å². The van der Waals surface area contributed by atoms with E-state index in [-0.39, 0.29) is 5.56 Å². The maximum atomic E-state index is 11.6. The van der Waals surface area contributed by atoms with Crippen molar-refractivity contribution in [2.24, 2.45) is 0 Å². The number of anilines is 1. The first-order chi connectivity index (χ1) is 8.15. The normalized spacial score (nSPS) is 10.9. The quantitative estimate of drug-likeness (QED) is 0.619. The highest BCUT2D eigenvalue weighted by molar-refractivity contribution is 14.1. The van der Waals surface area contributed by atoms with E-state index in [0.29, 0.717) is 22.0 Å². The standard InChI is InChI=1S/C11H17ClIN3O/c1-3-8(4-2)16(6-5-12)10-9(13)11(17)15-7-14-10/h7-8H,3-6H2,1-2H3,(H,14,15,17). The Kier molecular flexibility index (Phi) is 6.26. The minimum absolute atomic E-state index is 0.0962. The molecule has 0 atom stereocenters. The van der Waals surface area contributed by atoms with Gasteiger partial charge in [0.25, 0.3) is 5.56 Å². The van der Waals surface area contributed by atoms with Gasteiger partial charge in [0.15, 0.2) is 0 Å². The van der Waals surface area contributed by atoms with Crippen molar-refractivity contribution < 1.29 is 0 Å². The van der Waals surface area contributed by atoms with E-state index in [1.54, 1.807) is 0 Å². The fourth-order valence-corrected chi connectivity index (χ4v) is 2.64. The summed E-state index contributed by atoms with van der Waals surface area (Å²) in [7, 11) is 0. The maximum absolute atomic E-state index is 11.6. The molecule has 0 aliphatic heterocycles. The molecule has 17 heavy (non-hydrogen) atoms. The zero-order valence-corrected chi connectivity index (χ0v) is 13.0. The van der Waals surface area contributed by atoms with E-state index in [1.807, 2.05) is 22.6 Å². The number of aromatic amines is 1. The number of halogens is 2. The molecule has 1 aromatic heterocycles. The molecule has 0 aliphatic rings. The van der Waals surface area contributed by atoms with Crippen LogP contribution in [0.2, 0.25) is 0 Å². The van der Waals surface area contributed by atoms with Crippen LogP contribution in [0.4, 0.5) is 5.82 Å². The second-order valence-electron chi connectivity index (χ2n) is 3.72. The van der Waals surface area contributed by atoms with E-state index in [4.69, 9.17) is 11.6 Å². The average Bonchev–Trinajstić information content (AvgIpc) is 2.33. The fourth-order valence-electron chi connectivity index (χ4n) is 1.86. The highest BCUT2D eigenvalue weighted by Crippen LogP contribution is 2.21. The van der Waals surface area contributed by atoms with E-state index >= 15 is 0 Å². The number of rotatable bonds is 6. The van der Waals surface area contributed by atoms with Crippen LogP contribution < -0.4 is 10.5 Å². The van der Waals surface area contributed by atoms with Crippen LogP contribution in [0, 0.1) is 3.57 Å². The summed E-state index contributed by atoms with van der Waals surface area (Å²) in [5.74, 6) is 1.27. The van der Waals surface area contributed by atoms with Gasteiger partial charge >= 0.3 is 0 Å². The molecular formula is C11H17ClIN3O. The smallest absolute Gasteiger partial charge is 0.266 e. The molecule has 1 heterocycles. The van der Waals surface area contributed by atoms with Gasteiger partial charge in [-0.15, -0.1) is 11.6 Å². The Bertz CT molecular complexity index is 406. The third-order valence-corrected chi connectivity index (χ3v) is 3.90. The van der Waals surface area contributed by atoms with E-state index in [0.717, 1.165) is 18.7 Å². The summed E-state index contributed by atoms with van der Waals surface area (Å²) in [6.45, 7) is 4.98. The summed E-state index contributed by atoms with van der Waals surface area (Å²) in [6, 6.07) is 0.372. The summed E-state index contributed by atoms with van der Waals surface area (Å²) in [6.07, 6.45) is 3.47. The van der Waals surface area contributed by atoms with E-state index in [2.05, 4.69) is 28.7 Å². The SMILES string of the molecule is CCC(CC)N(CCCl)c1nc[nH]c(=O)c1I. The monoisotopic (exact) mass is 369 g/mol. The number of nitrogens with one attached hydrogen (secondary N) is 1. The Balaban J connectivity index is 3.13. The van der Waals surface area contributed by atoms with Crippen molar-refractivity contribution in [2.75, 3.05) is 17.3 Å². The van der Waals surface area contributed by atoms with Crippen molar-refractivity contribution in [1.82, 2.24) is 9.97 Å². The van der Waals surface area contributed by atoms with Gasteiger partial charge in [-0.2, -0.15) is 0 Å². The third-order valence-electron chi connectivity index (χ3n) is 2.76. The lowest BCUT2D eigenvalue weighted by Crippen LogP contribution is -2.38. The van der Waals surface area contributed by atoms with Crippen LogP contribution in [-0.4, -0.2) is 28.4 Å². The summed E-state index contributed by atoms with van der Waals surface area (Å²) in [4.78, 5) is 20.6. The molecule has 1 N–H and O–H groups in total. The number of alkyl halides is 1. The molecule has 0 fully saturated rings. The Morgan fingerprint density at radius 1 is 1.53 bits per heavy atom. The first-order valence-corrected chi connectivity index (χ1v) is 7.32. The molecule has 4 nitrogen and oxygen atoms in total. The topological polar surface area (TPSA) is 49.0 Å². The van der Waals surface area contributed by atoms with E-state index in [9.17, 15) is 4.79 Å². The molecule has 0 radical (unpaired) electrons. The first-order valence-electron chi connectivity index (χ1n) is 5.71. The molecule has 0 bridgehead atoms. The maximum Gasteiger partial charge on any atom is 0.266 e. The predicted octanol–water partition coefficient (Wildman–Crippen LogP) is 2.61. The van der Waals surface area contributed by atoms with Crippen LogP contribution in [0.15, 0.2) is 11.1 Å². The van der Waals surface area contributed by atoms with Crippen LogP contribution in [-0.2, 0) is 0 Å². The van der Waals surface area contributed by atoms with Gasteiger partial charge < -0.3 is 9.88 Å². The molecule has 1 rings (SSSR count). The Hall–Kier alpha value is -0.300.